The van der Waals surface area contributed by atoms with Gasteiger partial charge in [-0.25, -0.2) is 8.42 Å². The molecular weight excluding hydrogens is 476 g/mol. The number of rotatable bonds is 7. The number of benzene rings is 4. The molecule has 1 unspecified atom stereocenters. The summed E-state index contributed by atoms with van der Waals surface area (Å²) in [4.78, 5) is 12.7. The number of hydrogen-bond donors (Lipinski definition) is 1. The van der Waals surface area contributed by atoms with Crippen molar-refractivity contribution in [3.05, 3.63) is 135 Å². The third-order valence-electron chi connectivity index (χ3n) is 6.04. The first-order chi connectivity index (χ1) is 16.9. The molecule has 0 aliphatic carbocycles. The number of nitrogens with zero attached hydrogens (tertiary/aromatic N) is 1. The van der Waals surface area contributed by atoms with Gasteiger partial charge in [-0.2, -0.15) is 4.72 Å². The molecule has 0 amide bonds. The fraction of sp³-hybridized carbons (Fsp3) is 0.107. The average molecular weight is 501 g/mol. The maximum Gasteiger partial charge on any atom is 0.308 e. The molecule has 5 nitrogen and oxygen atoms in total. The van der Waals surface area contributed by atoms with Gasteiger partial charge in [0.15, 0.2) is 0 Å². The van der Waals surface area contributed by atoms with E-state index in [0.29, 0.717) is 11.2 Å². The molecular formula is C28H24N2O3S2. The Hall–Kier alpha value is -3.52. The van der Waals surface area contributed by atoms with Gasteiger partial charge >= 0.3 is 4.87 Å². The zero-order valence-electron chi connectivity index (χ0n) is 19.1. The Morgan fingerprint density at radius 2 is 1.51 bits per heavy atom. The second-order valence-electron chi connectivity index (χ2n) is 8.39. The predicted octanol–water partition coefficient (Wildman–Crippen LogP) is 5.49. The van der Waals surface area contributed by atoms with E-state index >= 15 is 0 Å². The van der Waals surface area contributed by atoms with Gasteiger partial charge in [0.05, 0.1) is 27.7 Å². The smallest absolute Gasteiger partial charge is 0.294 e. The van der Waals surface area contributed by atoms with E-state index in [1.165, 1.54) is 0 Å². The first-order valence-corrected chi connectivity index (χ1v) is 13.5. The number of sulfonamides is 1. The highest BCUT2D eigenvalue weighted by atomic mass is 32.2. The third-order valence-corrected chi connectivity index (χ3v) is 8.40. The number of nitrogens with one attached hydrogen (secondary N) is 1. The van der Waals surface area contributed by atoms with E-state index < -0.39 is 16.1 Å². The summed E-state index contributed by atoms with van der Waals surface area (Å²) >= 11 is 1.06. The molecule has 0 aliphatic heterocycles. The first-order valence-electron chi connectivity index (χ1n) is 11.2. The quantitative estimate of drug-likeness (QED) is 0.321. The molecule has 0 fully saturated rings. The van der Waals surface area contributed by atoms with Crippen molar-refractivity contribution in [2.75, 3.05) is 0 Å². The normalized spacial score (nSPS) is 12.6. The number of thiazole rings is 1. The van der Waals surface area contributed by atoms with E-state index in [9.17, 15) is 13.2 Å². The minimum absolute atomic E-state index is 0.117. The minimum Gasteiger partial charge on any atom is -0.294 e. The molecule has 0 aliphatic rings. The standard InChI is InChI=1S/C28H24N2O3S2/c1-20-10-8-9-15-24(20)27(22-13-6-3-7-14-22)29-35(32,33)23-16-17-25-26(18-23)34-28(31)30(25)19-21-11-4-2-5-12-21/h2-18,27,29H,19H2,1H3. The van der Waals surface area contributed by atoms with Crippen LogP contribution >= 0.6 is 11.3 Å². The molecule has 4 aromatic carbocycles. The monoisotopic (exact) mass is 500 g/mol. The van der Waals surface area contributed by atoms with Gasteiger partial charge in [-0.1, -0.05) is 96.3 Å². The van der Waals surface area contributed by atoms with Gasteiger partial charge < -0.3 is 0 Å². The summed E-state index contributed by atoms with van der Waals surface area (Å²) < 4.78 is 32.3. The van der Waals surface area contributed by atoms with E-state index in [1.807, 2.05) is 91.9 Å². The van der Waals surface area contributed by atoms with Crippen molar-refractivity contribution >= 4 is 31.6 Å². The van der Waals surface area contributed by atoms with Crippen LogP contribution in [0.15, 0.2) is 113 Å². The summed E-state index contributed by atoms with van der Waals surface area (Å²) in [5.74, 6) is 0. The minimum atomic E-state index is -3.88. The van der Waals surface area contributed by atoms with Crippen molar-refractivity contribution in [2.45, 2.75) is 24.4 Å². The van der Waals surface area contributed by atoms with Gasteiger partial charge in [0.1, 0.15) is 0 Å². The van der Waals surface area contributed by atoms with Gasteiger partial charge in [0, 0.05) is 0 Å². The number of aromatic nitrogens is 1. The Balaban J connectivity index is 1.52. The van der Waals surface area contributed by atoms with Gasteiger partial charge in [-0.15, -0.1) is 0 Å². The lowest BCUT2D eigenvalue weighted by atomic mass is 9.96. The van der Waals surface area contributed by atoms with Crippen molar-refractivity contribution < 1.29 is 8.42 Å². The molecule has 7 heteroatoms. The Labute approximate surface area is 208 Å². The molecule has 1 heterocycles. The van der Waals surface area contributed by atoms with Crippen molar-refractivity contribution in [3.8, 4) is 0 Å². The van der Waals surface area contributed by atoms with Gasteiger partial charge in [-0.05, 0) is 47.4 Å². The Morgan fingerprint density at radius 3 is 2.23 bits per heavy atom. The van der Waals surface area contributed by atoms with E-state index in [-0.39, 0.29) is 9.77 Å². The summed E-state index contributed by atoms with van der Waals surface area (Å²) in [5.41, 5.74) is 4.47. The lowest BCUT2D eigenvalue weighted by molar-refractivity contribution is 0.572. The second kappa shape index (κ2) is 9.62. The zero-order valence-corrected chi connectivity index (χ0v) is 20.7. The highest BCUT2D eigenvalue weighted by Gasteiger charge is 2.25. The molecule has 35 heavy (non-hydrogen) atoms. The SMILES string of the molecule is Cc1ccccc1C(NS(=O)(=O)c1ccc2c(c1)sc(=O)n2Cc1ccccc1)c1ccccc1. The molecule has 0 saturated heterocycles. The topological polar surface area (TPSA) is 68.2 Å². The van der Waals surface area contributed by atoms with Gasteiger partial charge in [0.25, 0.3) is 0 Å². The summed E-state index contributed by atoms with van der Waals surface area (Å²) in [5, 5.41) is 0. The fourth-order valence-electron chi connectivity index (χ4n) is 4.22. The average Bonchev–Trinajstić information content (AvgIpc) is 3.18. The van der Waals surface area contributed by atoms with Crippen molar-refractivity contribution in [3.63, 3.8) is 0 Å². The molecule has 0 radical (unpaired) electrons. The second-order valence-corrected chi connectivity index (χ2v) is 11.1. The zero-order chi connectivity index (χ0) is 24.4. The number of aryl methyl sites for hydroxylation is 1. The van der Waals surface area contributed by atoms with E-state index in [0.717, 1.165) is 39.1 Å². The number of fused-ring (bicyclic) bond motifs is 1. The fourth-order valence-corrected chi connectivity index (χ4v) is 6.45. The molecule has 1 N–H and O–H groups in total. The highest BCUT2D eigenvalue weighted by Crippen LogP contribution is 2.28. The van der Waals surface area contributed by atoms with Crippen molar-refractivity contribution in [1.82, 2.24) is 9.29 Å². The van der Waals surface area contributed by atoms with E-state index in [4.69, 9.17) is 0 Å². The van der Waals surface area contributed by atoms with E-state index in [1.54, 1.807) is 22.8 Å². The molecule has 0 bridgehead atoms. The van der Waals surface area contributed by atoms with Crippen LogP contribution in [-0.2, 0) is 16.6 Å². The first kappa shape index (κ1) is 23.2. The van der Waals surface area contributed by atoms with Crippen LogP contribution in [0.4, 0.5) is 0 Å². The summed E-state index contributed by atoms with van der Waals surface area (Å²) in [7, 11) is -3.88. The van der Waals surface area contributed by atoms with Crippen LogP contribution in [-0.4, -0.2) is 13.0 Å². The van der Waals surface area contributed by atoms with E-state index in [2.05, 4.69) is 4.72 Å². The number of hydrogen-bond acceptors (Lipinski definition) is 4. The van der Waals surface area contributed by atoms with Crippen LogP contribution in [0, 0.1) is 6.92 Å². The Kier molecular flexibility index (Phi) is 6.38. The molecule has 0 saturated carbocycles. The highest BCUT2D eigenvalue weighted by molar-refractivity contribution is 7.89. The molecule has 5 rings (SSSR count). The summed E-state index contributed by atoms with van der Waals surface area (Å²) in [6.45, 7) is 2.41. The lowest BCUT2D eigenvalue weighted by Gasteiger charge is -2.21. The molecule has 0 spiro atoms. The van der Waals surface area contributed by atoms with Gasteiger partial charge in [0.2, 0.25) is 10.0 Å². The largest absolute Gasteiger partial charge is 0.308 e. The third kappa shape index (κ3) is 4.84. The molecule has 5 aromatic rings. The van der Waals surface area contributed by atoms with Gasteiger partial charge in [-0.3, -0.25) is 9.36 Å². The van der Waals surface area contributed by atoms with Crippen LogP contribution in [0.25, 0.3) is 10.2 Å². The van der Waals surface area contributed by atoms with Crippen LogP contribution in [0.1, 0.15) is 28.3 Å². The van der Waals surface area contributed by atoms with Crippen molar-refractivity contribution in [2.24, 2.45) is 0 Å². The maximum atomic E-state index is 13.5. The van der Waals surface area contributed by atoms with Crippen LogP contribution < -0.4 is 9.60 Å². The van der Waals surface area contributed by atoms with Crippen LogP contribution in [0.2, 0.25) is 0 Å². The Morgan fingerprint density at radius 1 is 0.857 bits per heavy atom. The lowest BCUT2D eigenvalue weighted by Crippen LogP contribution is -2.30. The summed E-state index contributed by atoms with van der Waals surface area (Å²) in [6.07, 6.45) is 0. The summed E-state index contributed by atoms with van der Waals surface area (Å²) in [6, 6.07) is 31.3. The van der Waals surface area contributed by atoms with Crippen LogP contribution in [0.5, 0.6) is 0 Å². The van der Waals surface area contributed by atoms with Crippen LogP contribution in [0.3, 0.4) is 0 Å². The Bertz CT molecular complexity index is 1640. The van der Waals surface area contributed by atoms with Crippen molar-refractivity contribution in [1.29, 1.82) is 0 Å². The molecule has 1 aromatic heterocycles. The molecule has 1 atom stereocenters. The predicted molar refractivity (Wildman–Crippen MR) is 141 cm³/mol. The maximum absolute atomic E-state index is 13.5. The molecule has 176 valence electrons.